The lowest BCUT2D eigenvalue weighted by Crippen LogP contribution is -2.23. The number of ether oxygens (including phenoxy) is 2. The normalized spacial score (nSPS) is 17.0. The fraction of sp³-hybridized carbons (Fsp3) is 0.409. The molecule has 1 saturated heterocycles. The van der Waals surface area contributed by atoms with Crippen molar-refractivity contribution in [1.82, 2.24) is 24.6 Å². The lowest BCUT2D eigenvalue weighted by Gasteiger charge is -2.22. The molecule has 0 radical (unpaired) electrons. The van der Waals surface area contributed by atoms with Crippen LogP contribution in [0.15, 0.2) is 30.6 Å². The molecular formula is C22H22ClF3N6O2. The van der Waals surface area contributed by atoms with Crippen molar-refractivity contribution in [3.63, 3.8) is 0 Å². The maximum Gasteiger partial charge on any atom is 0.416 e. The standard InChI is InChI=1S/C22H22ClF3N6O2/c23-14-11-29-31-19(14)17-12-28-21-20(27-7-3-9-34-18-4-1-2-8-33-18)30-15-10-13(22(24,25)26)5-6-16(15)32(17)21/h5-6,10-12,18H,1-4,7-9H2,(H,27,30)(H,29,31). The smallest absolute Gasteiger partial charge is 0.367 e. The van der Waals surface area contributed by atoms with Gasteiger partial charge in [-0.15, -0.1) is 0 Å². The third-order valence-corrected chi connectivity index (χ3v) is 5.94. The molecule has 5 rings (SSSR count). The highest BCUT2D eigenvalue weighted by molar-refractivity contribution is 6.32. The first-order valence-electron chi connectivity index (χ1n) is 11.0. The lowest BCUT2D eigenvalue weighted by atomic mass is 10.2. The van der Waals surface area contributed by atoms with E-state index in [4.69, 9.17) is 21.1 Å². The van der Waals surface area contributed by atoms with Gasteiger partial charge in [-0.05, 0) is 43.9 Å². The average molecular weight is 495 g/mol. The quantitative estimate of drug-likeness (QED) is 0.339. The number of fused-ring (bicyclic) bond motifs is 3. The number of H-pyrrole nitrogens is 1. The molecule has 34 heavy (non-hydrogen) atoms. The van der Waals surface area contributed by atoms with Crippen molar-refractivity contribution in [3.05, 3.63) is 41.2 Å². The summed E-state index contributed by atoms with van der Waals surface area (Å²) in [4.78, 5) is 8.93. The zero-order chi connectivity index (χ0) is 23.7. The van der Waals surface area contributed by atoms with Gasteiger partial charge in [-0.1, -0.05) is 11.6 Å². The Kier molecular flexibility index (Phi) is 6.32. The number of aromatic nitrogens is 5. The van der Waals surface area contributed by atoms with Crippen molar-refractivity contribution in [2.45, 2.75) is 38.1 Å². The Labute approximate surface area is 197 Å². The fourth-order valence-corrected chi connectivity index (χ4v) is 4.18. The average Bonchev–Trinajstić information content (AvgIpc) is 3.44. The number of nitrogens with zero attached hydrogens (tertiary/aromatic N) is 4. The molecule has 2 N–H and O–H groups in total. The number of alkyl halides is 3. The van der Waals surface area contributed by atoms with E-state index >= 15 is 0 Å². The number of imidazole rings is 1. The van der Waals surface area contributed by atoms with E-state index < -0.39 is 11.7 Å². The summed E-state index contributed by atoms with van der Waals surface area (Å²) in [7, 11) is 0. The predicted molar refractivity (Wildman–Crippen MR) is 121 cm³/mol. The monoisotopic (exact) mass is 494 g/mol. The molecule has 1 aliphatic rings. The molecule has 1 unspecified atom stereocenters. The van der Waals surface area contributed by atoms with Crippen LogP contribution in [-0.4, -0.2) is 50.6 Å². The van der Waals surface area contributed by atoms with E-state index in [9.17, 15) is 13.2 Å². The number of aromatic amines is 1. The Balaban J connectivity index is 1.46. The second kappa shape index (κ2) is 9.40. The van der Waals surface area contributed by atoms with Gasteiger partial charge in [-0.25, -0.2) is 9.97 Å². The van der Waals surface area contributed by atoms with Crippen LogP contribution in [0.5, 0.6) is 0 Å². The maximum atomic E-state index is 13.3. The number of benzene rings is 1. The summed E-state index contributed by atoms with van der Waals surface area (Å²) >= 11 is 6.25. The molecule has 12 heteroatoms. The van der Waals surface area contributed by atoms with E-state index in [1.54, 1.807) is 10.6 Å². The lowest BCUT2D eigenvalue weighted by molar-refractivity contribution is -0.162. The zero-order valence-corrected chi connectivity index (χ0v) is 18.8. The molecule has 4 aromatic rings. The van der Waals surface area contributed by atoms with Crippen molar-refractivity contribution < 1.29 is 22.6 Å². The minimum Gasteiger partial charge on any atom is -0.367 e. The largest absolute Gasteiger partial charge is 0.416 e. The van der Waals surface area contributed by atoms with Crippen LogP contribution in [0.25, 0.3) is 28.1 Å². The first-order valence-corrected chi connectivity index (χ1v) is 11.3. The van der Waals surface area contributed by atoms with Gasteiger partial charge < -0.3 is 14.8 Å². The number of anilines is 1. The van der Waals surface area contributed by atoms with E-state index in [0.29, 0.717) is 59.6 Å². The van der Waals surface area contributed by atoms with E-state index in [1.807, 2.05) is 0 Å². The molecule has 3 aromatic heterocycles. The summed E-state index contributed by atoms with van der Waals surface area (Å²) in [6.45, 7) is 1.69. The van der Waals surface area contributed by atoms with Crippen LogP contribution in [0.3, 0.4) is 0 Å². The second-order valence-corrected chi connectivity index (χ2v) is 8.41. The van der Waals surface area contributed by atoms with Gasteiger partial charge in [0.2, 0.25) is 0 Å². The summed E-state index contributed by atoms with van der Waals surface area (Å²) in [5, 5.41) is 10.3. The van der Waals surface area contributed by atoms with Crippen LogP contribution in [-0.2, 0) is 15.7 Å². The number of hydrogen-bond acceptors (Lipinski definition) is 6. The van der Waals surface area contributed by atoms with Crippen molar-refractivity contribution >= 4 is 34.1 Å². The van der Waals surface area contributed by atoms with Gasteiger partial charge in [0.15, 0.2) is 17.8 Å². The van der Waals surface area contributed by atoms with Crippen LogP contribution < -0.4 is 5.32 Å². The Bertz CT molecular complexity index is 1300. The molecule has 0 spiro atoms. The highest BCUT2D eigenvalue weighted by Gasteiger charge is 2.31. The van der Waals surface area contributed by atoms with Crippen molar-refractivity contribution in [3.8, 4) is 11.4 Å². The number of hydrogen-bond donors (Lipinski definition) is 2. The summed E-state index contributed by atoms with van der Waals surface area (Å²) in [6, 6.07) is 3.44. The van der Waals surface area contributed by atoms with E-state index in [-0.39, 0.29) is 11.8 Å². The van der Waals surface area contributed by atoms with Gasteiger partial charge in [-0.2, -0.15) is 18.3 Å². The van der Waals surface area contributed by atoms with Crippen molar-refractivity contribution in [1.29, 1.82) is 0 Å². The maximum absolute atomic E-state index is 13.3. The van der Waals surface area contributed by atoms with Crippen LogP contribution in [0.1, 0.15) is 31.2 Å². The minimum absolute atomic E-state index is 0.172. The molecule has 4 heterocycles. The minimum atomic E-state index is -4.48. The molecule has 1 atom stereocenters. The van der Waals surface area contributed by atoms with Gasteiger partial charge in [0.05, 0.1) is 46.3 Å². The molecule has 180 valence electrons. The van der Waals surface area contributed by atoms with Gasteiger partial charge in [0, 0.05) is 13.2 Å². The topological polar surface area (TPSA) is 89.4 Å². The Morgan fingerprint density at radius 2 is 2.15 bits per heavy atom. The SMILES string of the molecule is FC(F)(F)c1ccc2c(c1)nc(NCCCOC1CCCCO1)c1ncc(-c3[nH]ncc3Cl)n12. The van der Waals surface area contributed by atoms with Crippen LogP contribution in [0.2, 0.25) is 5.02 Å². The first-order chi connectivity index (χ1) is 16.4. The highest BCUT2D eigenvalue weighted by atomic mass is 35.5. The molecular weight excluding hydrogens is 473 g/mol. The van der Waals surface area contributed by atoms with E-state index in [1.165, 1.54) is 12.3 Å². The Hall–Kier alpha value is -2.89. The van der Waals surface area contributed by atoms with E-state index in [2.05, 4.69) is 25.5 Å². The van der Waals surface area contributed by atoms with Crippen molar-refractivity contribution in [2.24, 2.45) is 0 Å². The van der Waals surface area contributed by atoms with Gasteiger partial charge >= 0.3 is 6.18 Å². The summed E-state index contributed by atoms with van der Waals surface area (Å²) in [6.07, 6.45) is 2.07. The molecule has 0 bridgehead atoms. The summed E-state index contributed by atoms with van der Waals surface area (Å²) < 4.78 is 53.1. The fourth-order valence-electron chi connectivity index (χ4n) is 3.99. The van der Waals surface area contributed by atoms with E-state index in [0.717, 1.165) is 31.4 Å². The third kappa shape index (κ3) is 4.55. The molecule has 8 nitrogen and oxygen atoms in total. The summed E-state index contributed by atoms with van der Waals surface area (Å²) in [5.41, 5.74) is 1.39. The predicted octanol–water partition coefficient (Wildman–Crippen LogP) is 5.29. The molecule has 0 amide bonds. The number of nitrogens with one attached hydrogen (secondary N) is 2. The molecule has 1 aromatic carbocycles. The first kappa shape index (κ1) is 22.9. The van der Waals surface area contributed by atoms with Crippen LogP contribution in [0.4, 0.5) is 19.0 Å². The molecule has 1 aliphatic heterocycles. The van der Waals surface area contributed by atoms with Gasteiger partial charge in [0.1, 0.15) is 5.69 Å². The number of rotatable bonds is 7. The highest BCUT2D eigenvalue weighted by Crippen LogP contribution is 2.34. The Morgan fingerprint density at radius 3 is 2.88 bits per heavy atom. The molecule has 1 fully saturated rings. The van der Waals surface area contributed by atoms with Crippen molar-refractivity contribution in [2.75, 3.05) is 25.1 Å². The van der Waals surface area contributed by atoms with Crippen LogP contribution >= 0.6 is 11.6 Å². The van der Waals surface area contributed by atoms with Crippen LogP contribution in [0, 0.1) is 0 Å². The van der Waals surface area contributed by atoms with Gasteiger partial charge in [0.25, 0.3) is 0 Å². The number of halogens is 4. The third-order valence-electron chi connectivity index (χ3n) is 5.65. The van der Waals surface area contributed by atoms with Gasteiger partial charge in [-0.3, -0.25) is 9.50 Å². The molecule has 0 aliphatic carbocycles. The Morgan fingerprint density at radius 1 is 1.26 bits per heavy atom. The zero-order valence-electron chi connectivity index (χ0n) is 18.0. The second-order valence-electron chi connectivity index (χ2n) is 8.00. The molecule has 0 saturated carbocycles. The summed E-state index contributed by atoms with van der Waals surface area (Å²) in [5.74, 6) is 0.364.